The van der Waals surface area contributed by atoms with Gasteiger partial charge in [-0.1, -0.05) is 0 Å². The van der Waals surface area contributed by atoms with E-state index >= 15 is 0 Å². The first-order valence-corrected chi connectivity index (χ1v) is 7.99. The third-order valence-corrected chi connectivity index (χ3v) is 5.00. The van der Waals surface area contributed by atoms with Crippen molar-refractivity contribution in [2.24, 2.45) is 7.05 Å². The van der Waals surface area contributed by atoms with Crippen LogP contribution in [-0.4, -0.2) is 45.8 Å². The number of rotatable bonds is 3. The van der Waals surface area contributed by atoms with Crippen LogP contribution in [0.1, 0.15) is 38.1 Å². The summed E-state index contributed by atoms with van der Waals surface area (Å²) in [6.45, 7) is 3.59. The Labute approximate surface area is 132 Å². The average Bonchev–Trinajstić information content (AvgIpc) is 3.15. The molecule has 0 bridgehead atoms. The molecule has 0 aliphatic carbocycles. The minimum absolute atomic E-state index is 0.00925. The van der Waals surface area contributed by atoms with E-state index in [2.05, 4.69) is 10.3 Å². The van der Waals surface area contributed by atoms with Gasteiger partial charge in [0.2, 0.25) is 0 Å². The molecule has 1 aliphatic rings. The van der Waals surface area contributed by atoms with E-state index < -0.39 is 0 Å². The number of carbonyl (C=O) groups is 2. The van der Waals surface area contributed by atoms with Crippen molar-refractivity contribution >= 4 is 23.0 Å². The molecule has 1 atom stereocenters. The van der Waals surface area contributed by atoms with Crippen LogP contribution in [0.2, 0.25) is 0 Å². The zero-order valence-electron chi connectivity index (χ0n) is 12.6. The first-order valence-electron chi connectivity index (χ1n) is 7.17. The third-order valence-electron chi connectivity index (χ3n) is 3.82. The molecule has 3 heterocycles. The van der Waals surface area contributed by atoms with E-state index in [1.165, 1.54) is 18.3 Å². The smallest absolute Gasteiger partial charge is 0.264 e. The summed E-state index contributed by atoms with van der Waals surface area (Å²) in [4.78, 5) is 31.7. The number of aryl methyl sites for hydroxylation is 1. The van der Waals surface area contributed by atoms with Crippen molar-refractivity contribution in [2.75, 3.05) is 19.6 Å². The number of hydrogen-bond donors (Lipinski definition) is 1. The van der Waals surface area contributed by atoms with Gasteiger partial charge in [-0.05, 0) is 19.1 Å². The second-order valence-electron chi connectivity index (χ2n) is 5.33. The highest BCUT2D eigenvalue weighted by Crippen LogP contribution is 2.26. The van der Waals surface area contributed by atoms with Crippen LogP contribution in [-0.2, 0) is 7.05 Å². The number of imidazole rings is 1. The molecule has 0 aromatic carbocycles. The lowest BCUT2D eigenvalue weighted by molar-refractivity contribution is 0.0626. The Balaban J connectivity index is 1.88. The molecule has 2 aromatic rings. The summed E-state index contributed by atoms with van der Waals surface area (Å²) in [6, 6.07) is 3.36. The van der Waals surface area contributed by atoms with Gasteiger partial charge in [0.1, 0.15) is 11.9 Å². The lowest BCUT2D eigenvalue weighted by Gasteiger charge is -2.35. The molecule has 1 aliphatic heterocycles. The van der Waals surface area contributed by atoms with Crippen LogP contribution in [0.3, 0.4) is 0 Å². The minimum Gasteiger partial charge on any atom is -0.336 e. The maximum absolute atomic E-state index is 12.8. The number of piperazine rings is 1. The van der Waals surface area contributed by atoms with E-state index in [4.69, 9.17) is 0 Å². The SMILES string of the molecule is CC(=O)c1ccc(C(=O)N2CCNCC2c2nccn2C)s1. The Hall–Kier alpha value is -1.99. The molecule has 1 N–H and O–H groups in total. The summed E-state index contributed by atoms with van der Waals surface area (Å²) >= 11 is 1.26. The molecule has 7 heteroatoms. The Morgan fingerprint density at radius 3 is 2.77 bits per heavy atom. The maximum Gasteiger partial charge on any atom is 0.264 e. The fraction of sp³-hybridized carbons (Fsp3) is 0.400. The maximum atomic E-state index is 12.8. The normalized spacial score (nSPS) is 18.5. The molecular formula is C15H18N4O2S. The molecule has 22 heavy (non-hydrogen) atoms. The number of Topliss-reactive ketones (excluding diaryl/α,β-unsaturated/α-hetero) is 1. The van der Waals surface area contributed by atoms with Crippen LogP contribution < -0.4 is 5.32 Å². The second-order valence-corrected chi connectivity index (χ2v) is 6.42. The molecule has 0 spiro atoms. The lowest BCUT2D eigenvalue weighted by Crippen LogP contribution is -2.49. The third kappa shape index (κ3) is 2.69. The number of ketones is 1. The zero-order chi connectivity index (χ0) is 15.7. The van der Waals surface area contributed by atoms with Gasteiger partial charge in [0.15, 0.2) is 5.78 Å². The highest BCUT2D eigenvalue weighted by Gasteiger charge is 2.31. The Kier molecular flexibility index (Phi) is 4.08. The first-order chi connectivity index (χ1) is 10.6. The fourth-order valence-corrected chi connectivity index (χ4v) is 3.52. The number of nitrogens with zero attached hydrogens (tertiary/aromatic N) is 3. The molecule has 1 saturated heterocycles. The summed E-state index contributed by atoms with van der Waals surface area (Å²) in [5, 5.41) is 3.31. The minimum atomic E-state index is -0.0934. The Morgan fingerprint density at radius 2 is 2.14 bits per heavy atom. The fourth-order valence-electron chi connectivity index (χ4n) is 2.66. The van der Waals surface area contributed by atoms with E-state index in [1.54, 1.807) is 18.3 Å². The van der Waals surface area contributed by atoms with Gasteiger partial charge in [-0.2, -0.15) is 0 Å². The van der Waals surface area contributed by atoms with E-state index in [0.29, 0.717) is 22.8 Å². The van der Waals surface area contributed by atoms with Crippen LogP contribution in [0, 0.1) is 0 Å². The summed E-state index contributed by atoms with van der Waals surface area (Å²) in [7, 11) is 1.93. The molecule has 1 unspecified atom stereocenters. The largest absolute Gasteiger partial charge is 0.336 e. The number of aromatic nitrogens is 2. The molecular weight excluding hydrogens is 300 g/mol. The van der Waals surface area contributed by atoms with Gasteiger partial charge in [-0.3, -0.25) is 9.59 Å². The van der Waals surface area contributed by atoms with Crippen LogP contribution >= 0.6 is 11.3 Å². The highest BCUT2D eigenvalue weighted by molar-refractivity contribution is 7.15. The number of carbonyl (C=O) groups excluding carboxylic acids is 2. The topological polar surface area (TPSA) is 67.2 Å². The predicted molar refractivity (Wildman–Crippen MR) is 84.2 cm³/mol. The Bertz CT molecular complexity index is 706. The second kappa shape index (κ2) is 6.02. The molecule has 0 saturated carbocycles. The standard InChI is InChI=1S/C15H18N4O2S/c1-10(20)12-3-4-13(22-12)15(21)19-8-5-16-9-11(19)14-17-6-7-18(14)2/h3-4,6-7,11,16H,5,8-9H2,1-2H3. The Morgan fingerprint density at radius 1 is 1.36 bits per heavy atom. The highest BCUT2D eigenvalue weighted by atomic mass is 32.1. The van der Waals surface area contributed by atoms with E-state index in [0.717, 1.165) is 12.4 Å². The van der Waals surface area contributed by atoms with Crippen LogP contribution in [0.5, 0.6) is 0 Å². The monoisotopic (exact) mass is 318 g/mol. The van der Waals surface area contributed by atoms with Crippen LogP contribution in [0.4, 0.5) is 0 Å². The van der Waals surface area contributed by atoms with Crippen molar-refractivity contribution in [1.82, 2.24) is 19.8 Å². The van der Waals surface area contributed by atoms with Gasteiger partial charge in [0.25, 0.3) is 5.91 Å². The van der Waals surface area contributed by atoms with Gasteiger partial charge in [-0.15, -0.1) is 11.3 Å². The van der Waals surface area contributed by atoms with Crippen LogP contribution in [0.25, 0.3) is 0 Å². The lowest BCUT2D eigenvalue weighted by atomic mass is 10.1. The van der Waals surface area contributed by atoms with E-state index in [-0.39, 0.29) is 17.7 Å². The zero-order valence-corrected chi connectivity index (χ0v) is 13.4. The van der Waals surface area contributed by atoms with E-state index in [1.807, 2.05) is 22.7 Å². The number of nitrogens with one attached hydrogen (secondary N) is 1. The van der Waals surface area contributed by atoms with Crippen molar-refractivity contribution in [3.8, 4) is 0 Å². The number of thiophene rings is 1. The molecule has 1 fully saturated rings. The molecule has 2 aromatic heterocycles. The number of amides is 1. The summed E-state index contributed by atoms with van der Waals surface area (Å²) in [5.74, 6) is 0.820. The molecule has 3 rings (SSSR count). The van der Waals surface area contributed by atoms with Gasteiger partial charge in [0.05, 0.1) is 9.75 Å². The van der Waals surface area contributed by atoms with Crippen molar-refractivity contribution < 1.29 is 9.59 Å². The van der Waals surface area contributed by atoms with Gasteiger partial charge >= 0.3 is 0 Å². The van der Waals surface area contributed by atoms with Crippen molar-refractivity contribution in [3.63, 3.8) is 0 Å². The van der Waals surface area contributed by atoms with Gasteiger partial charge in [-0.25, -0.2) is 4.98 Å². The quantitative estimate of drug-likeness (QED) is 0.870. The predicted octanol–water partition coefficient (Wildman–Crippen LogP) is 1.47. The summed E-state index contributed by atoms with van der Waals surface area (Å²) < 4.78 is 1.94. The molecule has 0 radical (unpaired) electrons. The van der Waals surface area contributed by atoms with Gasteiger partial charge < -0.3 is 14.8 Å². The van der Waals surface area contributed by atoms with Gasteiger partial charge in [0, 0.05) is 39.1 Å². The van der Waals surface area contributed by atoms with E-state index in [9.17, 15) is 9.59 Å². The van der Waals surface area contributed by atoms with Crippen molar-refractivity contribution in [2.45, 2.75) is 13.0 Å². The first kappa shape index (κ1) is 14.9. The van der Waals surface area contributed by atoms with Crippen molar-refractivity contribution in [1.29, 1.82) is 0 Å². The average molecular weight is 318 g/mol. The van der Waals surface area contributed by atoms with Crippen molar-refractivity contribution in [3.05, 3.63) is 40.1 Å². The molecule has 6 nitrogen and oxygen atoms in total. The van der Waals surface area contributed by atoms with Crippen LogP contribution in [0.15, 0.2) is 24.5 Å². The summed E-state index contributed by atoms with van der Waals surface area (Å²) in [5.41, 5.74) is 0. The number of hydrogen-bond acceptors (Lipinski definition) is 5. The summed E-state index contributed by atoms with van der Waals surface area (Å²) in [6.07, 6.45) is 3.62. The molecule has 1 amide bonds. The molecule has 116 valence electrons.